The molecule has 3 aromatic rings. The highest BCUT2D eigenvalue weighted by Crippen LogP contribution is 2.34. The summed E-state index contributed by atoms with van der Waals surface area (Å²) in [5, 5.41) is 10.9. The Morgan fingerprint density at radius 2 is 2.15 bits per heavy atom. The van der Waals surface area contributed by atoms with E-state index in [1.807, 2.05) is 11.4 Å². The maximum absolute atomic E-state index is 11.0. The van der Waals surface area contributed by atoms with Gasteiger partial charge in [0.05, 0.1) is 15.6 Å². The average molecular weight is 351 g/mol. The highest BCUT2D eigenvalue weighted by Gasteiger charge is 2.12. The first-order valence-corrected chi connectivity index (χ1v) is 7.21. The van der Waals surface area contributed by atoms with Crippen LogP contribution in [0.5, 0.6) is 11.6 Å². The Kier molecular flexibility index (Phi) is 3.37. The van der Waals surface area contributed by atoms with Crippen LogP contribution in [0.4, 0.5) is 0 Å². The maximum atomic E-state index is 11.0. The molecule has 0 amide bonds. The summed E-state index contributed by atoms with van der Waals surface area (Å²) >= 11 is 4.80. The zero-order chi connectivity index (χ0) is 14.1. The molecule has 0 fully saturated rings. The summed E-state index contributed by atoms with van der Waals surface area (Å²) in [7, 11) is 0. The normalized spacial score (nSPS) is 10.7. The molecule has 20 heavy (non-hydrogen) atoms. The van der Waals surface area contributed by atoms with Crippen LogP contribution in [0, 0.1) is 0 Å². The van der Waals surface area contributed by atoms with Crippen LogP contribution in [-0.2, 0) is 0 Å². The van der Waals surface area contributed by atoms with Gasteiger partial charge < -0.3 is 9.84 Å². The molecule has 0 saturated heterocycles. The number of carbonyl (C=O) groups is 1. The van der Waals surface area contributed by atoms with E-state index in [2.05, 4.69) is 25.9 Å². The minimum Gasteiger partial charge on any atom is -0.478 e. The lowest BCUT2D eigenvalue weighted by Gasteiger charge is -2.08. The average Bonchev–Trinajstić information content (AvgIpc) is 2.90. The van der Waals surface area contributed by atoms with Crippen molar-refractivity contribution in [3.63, 3.8) is 0 Å². The van der Waals surface area contributed by atoms with Crippen LogP contribution < -0.4 is 4.74 Å². The highest BCUT2D eigenvalue weighted by molar-refractivity contribution is 9.10. The van der Waals surface area contributed by atoms with Crippen LogP contribution in [0.3, 0.4) is 0 Å². The number of rotatable bonds is 3. The third kappa shape index (κ3) is 2.37. The monoisotopic (exact) mass is 350 g/mol. The van der Waals surface area contributed by atoms with Crippen LogP contribution in [0.2, 0.25) is 0 Å². The van der Waals surface area contributed by atoms with E-state index in [0.717, 1.165) is 10.2 Å². The largest absolute Gasteiger partial charge is 0.478 e. The summed E-state index contributed by atoms with van der Waals surface area (Å²) in [6.07, 6.45) is 1.42. The Labute approximate surface area is 126 Å². The molecule has 2 heterocycles. The molecule has 5 nitrogen and oxygen atoms in total. The van der Waals surface area contributed by atoms with Crippen molar-refractivity contribution in [2.45, 2.75) is 0 Å². The van der Waals surface area contributed by atoms with E-state index in [0.29, 0.717) is 16.1 Å². The molecule has 0 aliphatic carbocycles. The number of carboxylic acids is 1. The topological polar surface area (TPSA) is 72.3 Å². The van der Waals surface area contributed by atoms with Gasteiger partial charge in [0.2, 0.25) is 5.88 Å². The SMILES string of the molecule is O=C(O)c1ccc(Br)c(Oc2ncnc3ccsc23)c1. The highest BCUT2D eigenvalue weighted by atomic mass is 79.9. The number of carboxylic acid groups (broad SMARTS) is 1. The van der Waals surface area contributed by atoms with E-state index >= 15 is 0 Å². The number of hydrogen-bond acceptors (Lipinski definition) is 5. The van der Waals surface area contributed by atoms with Gasteiger partial charge in [-0.15, -0.1) is 11.3 Å². The van der Waals surface area contributed by atoms with Crippen molar-refractivity contribution >= 4 is 43.5 Å². The maximum Gasteiger partial charge on any atom is 0.335 e. The minimum atomic E-state index is -1.01. The van der Waals surface area contributed by atoms with Crippen LogP contribution in [-0.4, -0.2) is 21.0 Å². The Hall–Kier alpha value is -1.99. The van der Waals surface area contributed by atoms with Gasteiger partial charge in [0.15, 0.2) is 0 Å². The van der Waals surface area contributed by atoms with Gasteiger partial charge in [-0.3, -0.25) is 0 Å². The molecular weight excluding hydrogens is 344 g/mol. The number of thiophene rings is 1. The molecule has 0 aliphatic rings. The van der Waals surface area contributed by atoms with Gasteiger partial charge >= 0.3 is 5.97 Å². The Balaban J connectivity index is 2.04. The van der Waals surface area contributed by atoms with E-state index < -0.39 is 5.97 Å². The van der Waals surface area contributed by atoms with Gasteiger partial charge in [-0.25, -0.2) is 14.8 Å². The zero-order valence-electron chi connectivity index (χ0n) is 9.91. The smallest absolute Gasteiger partial charge is 0.335 e. The molecule has 100 valence electrons. The first-order chi connectivity index (χ1) is 9.65. The Bertz CT molecular complexity index is 803. The number of fused-ring (bicyclic) bond motifs is 1. The number of halogens is 1. The summed E-state index contributed by atoms with van der Waals surface area (Å²) in [6, 6.07) is 6.46. The predicted octanol–water partition coefficient (Wildman–Crippen LogP) is 3.94. The van der Waals surface area contributed by atoms with Gasteiger partial charge in [0.1, 0.15) is 16.8 Å². The first-order valence-electron chi connectivity index (χ1n) is 5.54. The van der Waals surface area contributed by atoms with E-state index in [1.54, 1.807) is 6.07 Å². The molecule has 7 heteroatoms. The quantitative estimate of drug-likeness (QED) is 0.774. The number of aromatic nitrogens is 2. The summed E-state index contributed by atoms with van der Waals surface area (Å²) < 4.78 is 7.20. The Morgan fingerprint density at radius 1 is 1.30 bits per heavy atom. The molecular formula is C13H7BrN2O3S. The fraction of sp³-hybridized carbons (Fsp3) is 0. The number of hydrogen-bond donors (Lipinski definition) is 1. The Morgan fingerprint density at radius 3 is 2.95 bits per heavy atom. The van der Waals surface area contributed by atoms with Gasteiger partial charge in [-0.2, -0.15) is 0 Å². The fourth-order valence-electron chi connectivity index (χ4n) is 1.66. The molecule has 1 aromatic carbocycles. The van der Waals surface area contributed by atoms with Gasteiger partial charge in [0, 0.05) is 0 Å². The third-order valence-electron chi connectivity index (χ3n) is 2.60. The van der Waals surface area contributed by atoms with E-state index in [4.69, 9.17) is 9.84 Å². The van der Waals surface area contributed by atoms with Crippen LogP contribution in [0.15, 0.2) is 40.4 Å². The molecule has 2 aromatic heterocycles. The molecule has 0 radical (unpaired) electrons. The number of nitrogens with zero attached hydrogens (tertiary/aromatic N) is 2. The second kappa shape index (κ2) is 5.18. The molecule has 0 spiro atoms. The van der Waals surface area contributed by atoms with Crippen LogP contribution in [0.25, 0.3) is 10.2 Å². The summed E-state index contributed by atoms with van der Waals surface area (Å²) in [6.45, 7) is 0. The summed E-state index contributed by atoms with van der Waals surface area (Å²) in [4.78, 5) is 19.2. The fourth-order valence-corrected chi connectivity index (χ4v) is 2.76. The second-order valence-corrected chi connectivity index (χ2v) is 5.64. The number of aromatic carboxylic acids is 1. The lowest BCUT2D eigenvalue weighted by Crippen LogP contribution is -1.97. The lowest BCUT2D eigenvalue weighted by molar-refractivity contribution is 0.0696. The van der Waals surface area contributed by atoms with Crippen molar-refractivity contribution < 1.29 is 14.6 Å². The minimum absolute atomic E-state index is 0.152. The second-order valence-electron chi connectivity index (χ2n) is 3.87. The van der Waals surface area contributed by atoms with E-state index in [9.17, 15) is 4.79 Å². The standard InChI is InChI=1S/C13H7BrN2O3S/c14-8-2-1-7(13(17)18)5-10(8)19-12-11-9(3-4-20-11)15-6-16-12/h1-6H,(H,17,18). The molecule has 0 saturated carbocycles. The van der Waals surface area contributed by atoms with Crippen LogP contribution >= 0.6 is 27.3 Å². The number of ether oxygens (including phenoxy) is 1. The van der Waals surface area contributed by atoms with E-state index in [-0.39, 0.29) is 5.56 Å². The number of benzene rings is 1. The van der Waals surface area contributed by atoms with Crippen molar-refractivity contribution in [2.75, 3.05) is 0 Å². The molecule has 1 N–H and O–H groups in total. The van der Waals surface area contributed by atoms with Crippen molar-refractivity contribution in [3.8, 4) is 11.6 Å². The predicted molar refractivity (Wildman–Crippen MR) is 78.6 cm³/mol. The summed E-state index contributed by atoms with van der Waals surface area (Å²) in [5.41, 5.74) is 0.949. The molecule has 0 aliphatic heterocycles. The van der Waals surface area contributed by atoms with Gasteiger partial charge in [0.25, 0.3) is 0 Å². The van der Waals surface area contributed by atoms with Gasteiger partial charge in [-0.05, 0) is 45.6 Å². The van der Waals surface area contributed by atoms with Crippen LogP contribution in [0.1, 0.15) is 10.4 Å². The third-order valence-corrected chi connectivity index (χ3v) is 4.14. The van der Waals surface area contributed by atoms with Crippen molar-refractivity contribution in [1.29, 1.82) is 0 Å². The van der Waals surface area contributed by atoms with Crippen molar-refractivity contribution in [2.24, 2.45) is 0 Å². The molecule has 3 rings (SSSR count). The zero-order valence-corrected chi connectivity index (χ0v) is 12.3. The van der Waals surface area contributed by atoms with E-state index in [1.165, 1.54) is 29.8 Å². The molecule has 0 bridgehead atoms. The van der Waals surface area contributed by atoms with Crippen molar-refractivity contribution in [1.82, 2.24) is 9.97 Å². The first kappa shape index (κ1) is 13.0. The molecule has 0 unspecified atom stereocenters. The summed E-state index contributed by atoms with van der Waals surface area (Å²) in [5.74, 6) is -0.196. The van der Waals surface area contributed by atoms with Crippen molar-refractivity contribution in [3.05, 3.63) is 46.0 Å². The molecule has 0 atom stereocenters. The lowest BCUT2D eigenvalue weighted by atomic mass is 10.2. The van der Waals surface area contributed by atoms with Gasteiger partial charge in [-0.1, -0.05) is 0 Å².